The summed E-state index contributed by atoms with van der Waals surface area (Å²) in [5.41, 5.74) is -2.35. The molecule has 3 fully saturated rings. The maximum Gasteiger partial charge on any atom is 0.246 e. The van der Waals surface area contributed by atoms with Crippen LogP contribution in [-0.4, -0.2) is 45.9 Å². The summed E-state index contributed by atoms with van der Waals surface area (Å²) in [6, 6.07) is 11.6. The average Bonchev–Trinajstić information content (AvgIpc) is 3.62. The van der Waals surface area contributed by atoms with E-state index < -0.39 is 58.2 Å². The number of amides is 3. The van der Waals surface area contributed by atoms with Crippen molar-refractivity contribution in [1.82, 2.24) is 10.2 Å². The first kappa shape index (κ1) is 24.7. The highest BCUT2D eigenvalue weighted by molar-refractivity contribution is 6.03. The number of likely N-dealkylation sites (tertiary alicyclic amines) is 1. The molecule has 0 unspecified atom stereocenters. The van der Waals surface area contributed by atoms with Crippen LogP contribution in [0.2, 0.25) is 0 Å². The van der Waals surface area contributed by atoms with Crippen molar-refractivity contribution in [2.75, 3.05) is 5.32 Å². The minimum Gasteiger partial charge on any atom is -0.356 e. The second kappa shape index (κ2) is 9.01. The maximum absolute atomic E-state index is 14.4. The molecule has 5 atom stereocenters. The van der Waals surface area contributed by atoms with Crippen molar-refractivity contribution in [3.05, 3.63) is 77.9 Å². The monoisotopic (exact) mass is 521 g/mol. The van der Waals surface area contributed by atoms with E-state index in [-0.39, 0.29) is 18.5 Å². The van der Waals surface area contributed by atoms with Gasteiger partial charge in [-0.05, 0) is 37.5 Å². The van der Waals surface area contributed by atoms with Gasteiger partial charge >= 0.3 is 0 Å². The molecule has 1 aliphatic carbocycles. The Morgan fingerprint density at radius 1 is 1.00 bits per heavy atom. The summed E-state index contributed by atoms with van der Waals surface area (Å²) in [7, 11) is 0. The van der Waals surface area contributed by atoms with E-state index in [1.54, 1.807) is 19.1 Å². The van der Waals surface area contributed by atoms with Crippen LogP contribution >= 0.6 is 0 Å². The Hall–Kier alpha value is -3.59. The number of nitrogens with zero attached hydrogens (tertiary/aromatic N) is 1. The van der Waals surface area contributed by atoms with Crippen LogP contribution in [0.1, 0.15) is 38.2 Å². The number of carbonyl (C=O) groups is 3. The largest absolute Gasteiger partial charge is 0.356 e. The fourth-order valence-corrected chi connectivity index (χ4v) is 6.75. The van der Waals surface area contributed by atoms with Gasteiger partial charge in [-0.15, -0.1) is 0 Å². The predicted octanol–water partition coefficient (Wildman–Crippen LogP) is 3.70. The normalized spacial score (nSPS) is 31.6. The molecule has 2 N–H and O–H groups in total. The van der Waals surface area contributed by atoms with E-state index >= 15 is 0 Å². The number of hydrogen-bond donors (Lipinski definition) is 2. The minimum absolute atomic E-state index is 0.0212. The summed E-state index contributed by atoms with van der Waals surface area (Å²) in [4.78, 5) is 43.0. The number of anilines is 1. The van der Waals surface area contributed by atoms with Crippen molar-refractivity contribution in [1.29, 1.82) is 0 Å². The third-order valence-electron chi connectivity index (χ3n) is 8.44. The Morgan fingerprint density at radius 3 is 2.37 bits per heavy atom. The lowest BCUT2D eigenvalue weighted by Gasteiger charge is -2.33. The zero-order chi connectivity index (χ0) is 26.7. The molecule has 2 aromatic carbocycles. The molecule has 2 saturated heterocycles. The molecule has 4 aliphatic rings. The van der Waals surface area contributed by atoms with Gasteiger partial charge in [-0.2, -0.15) is 0 Å². The summed E-state index contributed by atoms with van der Waals surface area (Å²) in [5, 5.41) is 5.47. The molecule has 0 aromatic heterocycles. The lowest BCUT2D eigenvalue weighted by Crippen LogP contribution is -2.56. The number of hydrogen-bond acceptors (Lipinski definition) is 4. The molecule has 3 aliphatic heterocycles. The van der Waals surface area contributed by atoms with E-state index in [4.69, 9.17) is 4.74 Å². The number of fused-ring (bicyclic) bond motifs is 1. The Morgan fingerprint density at radius 2 is 1.68 bits per heavy atom. The summed E-state index contributed by atoms with van der Waals surface area (Å²) in [6.07, 6.45) is 7.22. The zero-order valence-corrected chi connectivity index (χ0v) is 21.0. The molecule has 1 saturated carbocycles. The molecule has 1 spiro atoms. The van der Waals surface area contributed by atoms with Crippen LogP contribution in [0, 0.1) is 23.5 Å². The van der Waals surface area contributed by atoms with Crippen molar-refractivity contribution in [2.24, 2.45) is 11.8 Å². The molecule has 2 bridgehead atoms. The highest BCUT2D eigenvalue weighted by Crippen LogP contribution is 2.60. The fraction of sp³-hybridized carbons (Fsp3) is 0.414. The number of halogens is 2. The molecule has 7 nitrogen and oxygen atoms in total. The summed E-state index contributed by atoms with van der Waals surface area (Å²) >= 11 is 0. The van der Waals surface area contributed by atoms with Crippen LogP contribution < -0.4 is 10.6 Å². The Labute approximate surface area is 219 Å². The molecule has 3 amide bonds. The molecular formula is C29H29F2N3O4. The standard InChI is InChI=1S/C29H29F2N3O4/c1-28-14-15-29(38-28)22(21(28)25(35)33-23-19(30)12-7-13-20(23)31)27(37)34(16-17-8-3-2-4-9-17)24(29)26(36)32-18-10-5-6-11-18/h2-4,7-9,12-15,18,21-22,24H,5-6,10-11,16H2,1H3,(H,32,36)(H,33,35)/t21-,22+,24-,28-,29+/m1/s1. The third-order valence-corrected chi connectivity index (χ3v) is 8.44. The van der Waals surface area contributed by atoms with Gasteiger partial charge in [0, 0.05) is 12.6 Å². The first-order valence-electron chi connectivity index (χ1n) is 13.0. The van der Waals surface area contributed by atoms with E-state index in [0.29, 0.717) is 0 Å². The van der Waals surface area contributed by atoms with Crippen molar-refractivity contribution in [3.8, 4) is 0 Å². The second-order valence-corrected chi connectivity index (χ2v) is 10.9. The van der Waals surface area contributed by atoms with E-state index in [1.807, 2.05) is 30.3 Å². The lowest BCUT2D eigenvalue weighted by atomic mass is 9.70. The van der Waals surface area contributed by atoms with Crippen molar-refractivity contribution < 1.29 is 27.9 Å². The molecule has 38 heavy (non-hydrogen) atoms. The van der Waals surface area contributed by atoms with Gasteiger partial charge in [-0.25, -0.2) is 8.78 Å². The van der Waals surface area contributed by atoms with Gasteiger partial charge in [-0.1, -0.05) is 61.4 Å². The number of ether oxygens (including phenoxy) is 1. The van der Waals surface area contributed by atoms with Crippen LogP contribution in [0.5, 0.6) is 0 Å². The molecule has 9 heteroatoms. The Kier molecular flexibility index (Phi) is 5.86. The quantitative estimate of drug-likeness (QED) is 0.568. The van der Waals surface area contributed by atoms with Crippen LogP contribution in [0.3, 0.4) is 0 Å². The van der Waals surface area contributed by atoms with Gasteiger partial charge in [0.15, 0.2) is 0 Å². The second-order valence-electron chi connectivity index (χ2n) is 10.9. The highest BCUT2D eigenvalue weighted by atomic mass is 19.1. The van der Waals surface area contributed by atoms with Gasteiger partial charge in [0.1, 0.15) is 29.0 Å². The maximum atomic E-state index is 14.4. The van der Waals surface area contributed by atoms with Crippen molar-refractivity contribution in [2.45, 2.75) is 62.4 Å². The van der Waals surface area contributed by atoms with Crippen LogP contribution in [0.25, 0.3) is 0 Å². The average molecular weight is 522 g/mol. The SMILES string of the molecule is C[C@]12C=C[C@]3(O1)[C@H](C(=O)N(Cc1ccccc1)[C@@H]3C(=O)NC1CCCC1)[C@@H]2C(=O)Nc1c(F)cccc1F. The Bertz CT molecular complexity index is 1310. The van der Waals surface area contributed by atoms with Crippen LogP contribution in [0.15, 0.2) is 60.7 Å². The summed E-state index contributed by atoms with van der Waals surface area (Å²) < 4.78 is 35.2. The molecule has 3 heterocycles. The number of nitrogens with one attached hydrogen (secondary N) is 2. The fourth-order valence-electron chi connectivity index (χ4n) is 6.75. The van der Waals surface area contributed by atoms with Crippen LogP contribution in [-0.2, 0) is 25.7 Å². The van der Waals surface area contributed by atoms with E-state index in [0.717, 1.165) is 43.4 Å². The minimum atomic E-state index is -1.38. The molecule has 6 rings (SSSR count). The highest BCUT2D eigenvalue weighted by Gasteiger charge is 2.76. The van der Waals surface area contributed by atoms with Gasteiger partial charge in [0.25, 0.3) is 0 Å². The van der Waals surface area contributed by atoms with Crippen molar-refractivity contribution in [3.63, 3.8) is 0 Å². The third kappa shape index (κ3) is 3.74. The van der Waals surface area contributed by atoms with Gasteiger partial charge in [0.05, 0.1) is 17.4 Å². The molecule has 0 radical (unpaired) electrons. The van der Waals surface area contributed by atoms with Crippen LogP contribution in [0.4, 0.5) is 14.5 Å². The number of rotatable bonds is 6. The Balaban J connectivity index is 1.37. The van der Waals surface area contributed by atoms with E-state index in [1.165, 1.54) is 11.0 Å². The molecular weight excluding hydrogens is 492 g/mol. The van der Waals surface area contributed by atoms with E-state index in [9.17, 15) is 23.2 Å². The van der Waals surface area contributed by atoms with E-state index in [2.05, 4.69) is 10.6 Å². The van der Waals surface area contributed by atoms with Gasteiger partial charge in [0.2, 0.25) is 17.7 Å². The number of carbonyl (C=O) groups excluding carboxylic acids is 3. The lowest BCUT2D eigenvalue weighted by molar-refractivity contribution is -0.144. The number of benzene rings is 2. The molecule has 198 valence electrons. The predicted molar refractivity (Wildman–Crippen MR) is 135 cm³/mol. The first-order valence-corrected chi connectivity index (χ1v) is 13.0. The topological polar surface area (TPSA) is 87.7 Å². The van der Waals surface area contributed by atoms with Gasteiger partial charge in [-0.3, -0.25) is 14.4 Å². The smallest absolute Gasteiger partial charge is 0.246 e. The van der Waals surface area contributed by atoms with Crippen molar-refractivity contribution >= 4 is 23.4 Å². The molecule has 2 aromatic rings. The number of para-hydroxylation sites is 1. The summed E-state index contributed by atoms with van der Waals surface area (Å²) in [6.45, 7) is 1.82. The summed E-state index contributed by atoms with van der Waals surface area (Å²) in [5.74, 6) is -5.43. The first-order chi connectivity index (χ1) is 18.2. The zero-order valence-electron chi connectivity index (χ0n) is 21.0. The van der Waals surface area contributed by atoms with Gasteiger partial charge < -0.3 is 20.3 Å².